The van der Waals surface area contributed by atoms with Gasteiger partial charge in [0.05, 0.1) is 31.6 Å². The molecule has 0 amide bonds. The highest BCUT2D eigenvalue weighted by molar-refractivity contribution is 5.66. The summed E-state index contributed by atoms with van der Waals surface area (Å²) in [5.41, 5.74) is 2.09. The maximum Gasteiger partial charge on any atom is 0.165 e. The standard InChI is InChI=1S/C14H10FNO.C6H10O.2C2H6/c1-17-14-6-5-12(8-13(14)15)11-4-2-3-10(7-11)9-16;1-4-5-6(2)7-3;2*1-2/h2-8H,1H3;4-5H,1H2,2-3H3;2*1-2H3/b;6-5+;;. The third-order valence-corrected chi connectivity index (χ3v) is 3.15. The van der Waals surface area contributed by atoms with Crippen LogP contribution in [-0.2, 0) is 4.74 Å². The van der Waals surface area contributed by atoms with Crippen LogP contribution in [0.15, 0.2) is 67.0 Å². The number of rotatable bonds is 4. The van der Waals surface area contributed by atoms with Crippen molar-refractivity contribution in [3.63, 3.8) is 0 Å². The number of nitrogens with zero attached hydrogens (tertiary/aromatic N) is 1. The van der Waals surface area contributed by atoms with Gasteiger partial charge in [-0.1, -0.05) is 58.5 Å². The average Bonchev–Trinajstić information content (AvgIpc) is 2.77. The van der Waals surface area contributed by atoms with E-state index in [1.54, 1.807) is 49.6 Å². The maximum atomic E-state index is 13.5. The molecule has 0 bridgehead atoms. The molecular formula is C24H32FNO2. The van der Waals surface area contributed by atoms with E-state index in [4.69, 9.17) is 14.7 Å². The van der Waals surface area contributed by atoms with Crippen LogP contribution in [0.2, 0.25) is 0 Å². The van der Waals surface area contributed by atoms with E-state index in [9.17, 15) is 4.39 Å². The fourth-order valence-corrected chi connectivity index (χ4v) is 1.85. The van der Waals surface area contributed by atoms with Gasteiger partial charge in [-0.25, -0.2) is 4.39 Å². The smallest absolute Gasteiger partial charge is 0.165 e. The van der Waals surface area contributed by atoms with Crippen molar-refractivity contribution in [3.8, 4) is 22.9 Å². The van der Waals surface area contributed by atoms with Gasteiger partial charge in [0, 0.05) is 0 Å². The first kappa shape index (κ1) is 27.2. The summed E-state index contributed by atoms with van der Waals surface area (Å²) in [7, 11) is 3.06. The van der Waals surface area contributed by atoms with Gasteiger partial charge in [0.15, 0.2) is 11.6 Å². The molecule has 28 heavy (non-hydrogen) atoms. The van der Waals surface area contributed by atoms with Gasteiger partial charge in [0.1, 0.15) is 0 Å². The number of hydrogen-bond acceptors (Lipinski definition) is 3. The van der Waals surface area contributed by atoms with Crippen LogP contribution in [0.5, 0.6) is 5.75 Å². The molecule has 0 fully saturated rings. The van der Waals surface area contributed by atoms with Crippen LogP contribution >= 0.6 is 0 Å². The fraction of sp³-hybridized carbons (Fsp3) is 0.292. The summed E-state index contributed by atoms with van der Waals surface area (Å²) in [5, 5.41) is 8.80. The van der Waals surface area contributed by atoms with E-state index in [1.165, 1.54) is 13.2 Å². The molecule has 0 radical (unpaired) electrons. The van der Waals surface area contributed by atoms with Crippen LogP contribution < -0.4 is 4.74 Å². The third-order valence-electron chi connectivity index (χ3n) is 3.15. The van der Waals surface area contributed by atoms with Crippen LogP contribution in [0.25, 0.3) is 11.1 Å². The zero-order chi connectivity index (χ0) is 21.9. The van der Waals surface area contributed by atoms with Gasteiger partial charge in [-0.05, 0) is 48.4 Å². The lowest BCUT2D eigenvalue weighted by molar-refractivity contribution is 0.294. The Labute approximate surface area is 169 Å². The lowest BCUT2D eigenvalue weighted by atomic mass is 10.0. The second-order valence-corrected chi connectivity index (χ2v) is 4.76. The van der Waals surface area contributed by atoms with Gasteiger partial charge in [-0.15, -0.1) is 0 Å². The highest BCUT2D eigenvalue weighted by Gasteiger charge is 2.05. The van der Waals surface area contributed by atoms with Crippen molar-refractivity contribution >= 4 is 0 Å². The molecule has 4 heteroatoms. The molecule has 2 rings (SSSR count). The molecule has 0 aliphatic carbocycles. The largest absolute Gasteiger partial charge is 0.501 e. The summed E-state index contributed by atoms with van der Waals surface area (Å²) < 4.78 is 23.2. The Kier molecular flexibility index (Phi) is 16.8. The Morgan fingerprint density at radius 1 is 1.04 bits per heavy atom. The quantitative estimate of drug-likeness (QED) is 0.414. The highest BCUT2D eigenvalue weighted by Crippen LogP contribution is 2.25. The third kappa shape index (κ3) is 10.2. The molecule has 0 aliphatic rings. The first-order valence-electron chi connectivity index (χ1n) is 9.23. The first-order valence-corrected chi connectivity index (χ1v) is 9.23. The number of allylic oxidation sites excluding steroid dienone is 3. The molecule has 0 heterocycles. The number of nitriles is 1. The summed E-state index contributed by atoms with van der Waals surface area (Å²) in [4.78, 5) is 0. The maximum absolute atomic E-state index is 13.5. The molecular weight excluding hydrogens is 353 g/mol. The van der Waals surface area contributed by atoms with E-state index in [-0.39, 0.29) is 5.75 Å². The minimum Gasteiger partial charge on any atom is -0.501 e. The second kappa shape index (κ2) is 17.4. The van der Waals surface area contributed by atoms with Crippen LogP contribution in [0.1, 0.15) is 40.2 Å². The van der Waals surface area contributed by atoms with Gasteiger partial charge in [0.2, 0.25) is 0 Å². The van der Waals surface area contributed by atoms with Crippen molar-refractivity contribution in [2.24, 2.45) is 0 Å². The predicted molar refractivity (Wildman–Crippen MR) is 117 cm³/mol. The van der Waals surface area contributed by atoms with Crippen LogP contribution in [0, 0.1) is 17.1 Å². The van der Waals surface area contributed by atoms with E-state index < -0.39 is 5.82 Å². The van der Waals surface area contributed by atoms with Crippen molar-refractivity contribution in [1.29, 1.82) is 5.26 Å². The molecule has 152 valence electrons. The van der Waals surface area contributed by atoms with E-state index in [0.29, 0.717) is 5.56 Å². The van der Waals surface area contributed by atoms with Crippen LogP contribution in [-0.4, -0.2) is 14.2 Å². The van der Waals surface area contributed by atoms with Gasteiger partial charge in [0.25, 0.3) is 0 Å². The summed E-state index contributed by atoms with van der Waals surface area (Å²) in [6.07, 6.45) is 3.50. The van der Waals surface area contributed by atoms with Gasteiger partial charge in [-0.2, -0.15) is 5.26 Å². The number of hydrogen-bond donors (Lipinski definition) is 0. The number of halogens is 1. The molecule has 3 nitrogen and oxygen atoms in total. The lowest BCUT2D eigenvalue weighted by Crippen LogP contribution is -1.88. The zero-order valence-corrected chi connectivity index (χ0v) is 18.0. The topological polar surface area (TPSA) is 42.2 Å². The van der Waals surface area contributed by atoms with Crippen molar-refractivity contribution in [2.75, 3.05) is 14.2 Å². The first-order chi connectivity index (χ1) is 13.5. The summed E-state index contributed by atoms with van der Waals surface area (Å²) in [6.45, 7) is 13.4. The van der Waals surface area contributed by atoms with E-state index in [1.807, 2.05) is 40.7 Å². The van der Waals surface area contributed by atoms with Gasteiger partial charge in [-0.3, -0.25) is 0 Å². The van der Waals surface area contributed by atoms with Gasteiger partial charge >= 0.3 is 0 Å². The minimum absolute atomic E-state index is 0.213. The molecule has 0 spiro atoms. The lowest BCUT2D eigenvalue weighted by Gasteiger charge is -2.05. The normalized spacial score (nSPS) is 9.04. The van der Waals surface area contributed by atoms with Crippen molar-refractivity contribution < 1.29 is 13.9 Å². The molecule has 0 saturated carbocycles. The molecule has 2 aromatic carbocycles. The Morgan fingerprint density at radius 2 is 1.64 bits per heavy atom. The molecule has 0 saturated heterocycles. The van der Waals surface area contributed by atoms with Crippen LogP contribution in [0.4, 0.5) is 4.39 Å². The summed E-state index contributed by atoms with van der Waals surface area (Å²) in [6, 6.07) is 13.8. The van der Waals surface area contributed by atoms with E-state index in [0.717, 1.165) is 16.9 Å². The molecule has 0 N–H and O–H groups in total. The number of ether oxygens (including phenoxy) is 2. The van der Waals surface area contributed by atoms with Crippen molar-refractivity contribution in [3.05, 3.63) is 78.3 Å². The van der Waals surface area contributed by atoms with E-state index in [2.05, 4.69) is 12.6 Å². The highest BCUT2D eigenvalue weighted by atomic mass is 19.1. The van der Waals surface area contributed by atoms with Crippen LogP contribution in [0.3, 0.4) is 0 Å². The van der Waals surface area contributed by atoms with E-state index >= 15 is 0 Å². The summed E-state index contributed by atoms with van der Waals surface area (Å²) in [5.74, 6) is 0.688. The zero-order valence-electron chi connectivity index (χ0n) is 18.0. The molecule has 0 aliphatic heterocycles. The van der Waals surface area contributed by atoms with Crippen molar-refractivity contribution in [1.82, 2.24) is 0 Å². The predicted octanol–water partition coefficient (Wildman–Crippen LogP) is 7.15. The summed E-state index contributed by atoms with van der Waals surface area (Å²) >= 11 is 0. The van der Waals surface area contributed by atoms with Crippen molar-refractivity contribution in [2.45, 2.75) is 34.6 Å². The Hall–Kier alpha value is -3.06. The fourth-order valence-electron chi connectivity index (χ4n) is 1.85. The molecule has 0 atom stereocenters. The molecule has 0 aromatic heterocycles. The molecule has 2 aromatic rings. The monoisotopic (exact) mass is 385 g/mol. The van der Waals surface area contributed by atoms with Gasteiger partial charge < -0.3 is 9.47 Å². The molecule has 0 unspecified atom stereocenters. The Balaban J connectivity index is 0. The SMILES string of the molecule is C=C/C=C(\C)OC.CC.CC.COc1ccc(-c2cccc(C#N)c2)cc1F. The Morgan fingerprint density at radius 3 is 2.07 bits per heavy atom. The second-order valence-electron chi connectivity index (χ2n) is 4.76. The Bertz CT molecular complexity index is 761. The number of methoxy groups -OCH3 is 2. The number of benzene rings is 2. The average molecular weight is 386 g/mol. The minimum atomic E-state index is -0.410.